The zero-order valence-corrected chi connectivity index (χ0v) is 14.8. The summed E-state index contributed by atoms with van der Waals surface area (Å²) in [5.41, 5.74) is 2.08. The molecule has 1 amide bonds. The Labute approximate surface area is 143 Å². The van der Waals surface area contributed by atoms with Gasteiger partial charge in [0.2, 0.25) is 0 Å². The Hall–Kier alpha value is -2.49. The van der Waals surface area contributed by atoms with E-state index in [1.165, 1.54) is 5.56 Å². The molecule has 0 atom stereocenters. The standard InChI is InChI=1S/C20H25NO3/c1-5-23-17-8-6-7-9-18(17)24-14-19(22)21-16-12-10-15(11-13-16)20(2,3)4/h6-13H,5,14H2,1-4H3,(H,21,22). The molecule has 0 aliphatic heterocycles. The topological polar surface area (TPSA) is 47.6 Å². The molecule has 0 spiro atoms. The molecule has 4 nitrogen and oxygen atoms in total. The van der Waals surface area contributed by atoms with Gasteiger partial charge in [0.05, 0.1) is 6.61 Å². The highest BCUT2D eigenvalue weighted by molar-refractivity contribution is 5.91. The molecule has 0 radical (unpaired) electrons. The van der Waals surface area contributed by atoms with Crippen LogP contribution >= 0.6 is 0 Å². The molecule has 2 aromatic carbocycles. The highest BCUT2D eigenvalue weighted by Crippen LogP contribution is 2.26. The maximum Gasteiger partial charge on any atom is 0.262 e. The van der Waals surface area contributed by atoms with E-state index < -0.39 is 0 Å². The maximum atomic E-state index is 12.1. The van der Waals surface area contributed by atoms with E-state index in [2.05, 4.69) is 26.1 Å². The normalized spacial score (nSPS) is 11.0. The molecule has 128 valence electrons. The lowest BCUT2D eigenvalue weighted by atomic mass is 9.87. The van der Waals surface area contributed by atoms with Crippen LogP contribution in [0.5, 0.6) is 11.5 Å². The van der Waals surface area contributed by atoms with Crippen molar-refractivity contribution in [2.24, 2.45) is 0 Å². The summed E-state index contributed by atoms with van der Waals surface area (Å²) in [5, 5.41) is 2.84. The van der Waals surface area contributed by atoms with Crippen molar-refractivity contribution in [1.29, 1.82) is 0 Å². The lowest BCUT2D eigenvalue weighted by molar-refractivity contribution is -0.118. The number of carbonyl (C=O) groups excluding carboxylic acids is 1. The van der Waals surface area contributed by atoms with Gasteiger partial charge in [0.25, 0.3) is 5.91 Å². The lowest BCUT2D eigenvalue weighted by Gasteiger charge is -2.19. The number of hydrogen-bond acceptors (Lipinski definition) is 3. The molecule has 24 heavy (non-hydrogen) atoms. The van der Waals surface area contributed by atoms with Crippen LogP contribution in [0.2, 0.25) is 0 Å². The molecule has 0 bridgehead atoms. The monoisotopic (exact) mass is 327 g/mol. The van der Waals surface area contributed by atoms with Crippen molar-refractivity contribution < 1.29 is 14.3 Å². The number of para-hydroxylation sites is 2. The number of anilines is 1. The minimum atomic E-state index is -0.204. The minimum Gasteiger partial charge on any atom is -0.490 e. The van der Waals surface area contributed by atoms with E-state index in [1.807, 2.05) is 49.4 Å². The van der Waals surface area contributed by atoms with Gasteiger partial charge in [0.1, 0.15) is 0 Å². The third kappa shape index (κ3) is 5.01. The summed E-state index contributed by atoms with van der Waals surface area (Å²) >= 11 is 0. The largest absolute Gasteiger partial charge is 0.490 e. The first kappa shape index (κ1) is 17.9. The molecular formula is C20H25NO3. The van der Waals surface area contributed by atoms with Gasteiger partial charge in [-0.15, -0.1) is 0 Å². The summed E-state index contributed by atoms with van der Waals surface area (Å²) in [5.74, 6) is 1.00. The van der Waals surface area contributed by atoms with Crippen LogP contribution in [0, 0.1) is 0 Å². The molecule has 0 aromatic heterocycles. The van der Waals surface area contributed by atoms with Crippen molar-refractivity contribution in [3.63, 3.8) is 0 Å². The summed E-state index contributed by atoms with van der Waals surface area (Å²) in [6.07, 6.45) is 0. The fourth-order valence-electron chi connectivity index (χ4n) is 2.24. The Morgan fingerprint density at radius 3 is 2.08 bits per heavy atom. The number of amides is 1. The van der Waals surface area contributed by atoms with Crippen LogP contribution in [-0.4, -0.2) is 19.1 Å². The number of benzene rings is 2. The molecule has 0 saturated carbocycles. The molecule has 0 aliphatic rings. The minimum absolute atomic E-state index is 0.0644. The molecule has 0 aliphatic carbocycles. The molecule has 1 N–H and O–H groups in total. The van der Waals surface area contributed by atoms with Gasteiger partial charge in [0, 0.05) is 5.69 Å². The average molecular weight is 327 g/mol. The first-order chi connectivity index (χ1) is 11.4. The maximum absolute atomic E-state index is 12.1. The summed E-state index contributed by atoms with van der Waals surface area (Å²) in [6.45, 7) is 8.86. The van der Waals surface area contributed by atoms with E-state index in [9.17, 15) is 4.79 Å². The SMILES string of the molecule is CCOc1ccccc1OCC(=O)Nc1ccc(C(C)(C)C)cc1. The van der Waals surface area contributed by atoms with Gasteiger partial charge >= 0.3 is 0 Å². The average Bonchev–Trinajstić information content (AvgIpc) is 2.54. The molecule has 0 saturated heterocycles. The van der Waals surface area contributed by atoms with E-state index in [4.69, 9.17) is 9.47 Å². The van der Waals surface area contributed by atoms with Crippen molar-refractivity contribution in [2.45, 2.75) is 33.1 Å². The zero-order chi connectivity index (χ0) is 17.6. The van der Waals surface area contributed by atoms with E-state index >= 15 is 0 Å². The third-order valence-corrected chi connectivity index (χ3v) is 3.54. The van der Waals surface area contributed by atoms with Gasteiger partial charge in [-0.1, -0.05) is 45.0 Å². The Kier molecular flexibility index (Phi) is 5.85. The predicted molar refractivity (Wildman–Crippen MR) is 96.9 cm³/mol. The van der Waals surface area contributed by atoms with Crippen LogP contribution in [0.25, 0.3) is 0 Å². The van der Waals surface area contributed by atoms with Gasteiger partial charge in [0.15, 0.2) is 18.1 Å². The van der Waals surface area contributed by atoms with Crippen LogP contribution in [0.3, 0.4) is 0 Å². The Bertz CT molecular complexity index is 672. The van der Waals surface area contributed by atoms with E-state index in [1.54, 1.807) is 6.07 Å². The van der Waals surface area contributed by atoms with Crippen molar-refractivity contribution in [1.82, 2.24) is 0 Å². The Morgan fingerprint density at radius 2 is 1.54 bits per heavy atom. The van der Waals surface area contributed by atoms with Crippen molar-refractivity contribution in [3.8, 4) is 11.5 Å². The molecule has 2 aromatic rings. The molecule has 2 rings (SSSR count). The summed E-state index contributed by atoms with van der Waals surface area (Å²) in [4.78, 5) is 12.1. The summed E-state index contributed by atoms with van der Waals surface area (Å²) < 4.78 is 11.0. The molecule has 0 heterocycles. The van der Waals surface area contributed by atoms with Crippen LogP contribution in [-0.2, 0) is 10.2 Å². The second-order valence-electron chi connectivity index (χ2n) is 6.54. The highest BCUT2D eigenvalue weighted by Gasteiger charge is 2.13. The van der Waals surface area contributed by atoms with E-state index in [0.29, 0.717) is 18.1 Å². The zero-order valence-electron chi connectivity index (χ0n) is 14.8. The predicted octanol–water partition coefficient (Wildman–Crippen LogP) is 4.40. The van der Waals surface area contributed by atoms with Crippen LogP contribution in [0.1, 0.15) is 33.3 Å². The summed E-state index contributed by atoms with van der Waals surface area (Å²) in [6, 6.07) is 15.2. The van der Waals surface area contributed by atoms with Gasteiger partial charge in [-0.05, 0) is 42.2 Å². The van der Waals surface area contributed by atoms with Crippen LogP contribution in [0.15, 0.2) is 48.5 Å². The highest BCUT2D eigenvalue weighted by atomic mass is 16.5. The molecule has 0 unspecified atom stereocenters. The first-order valence-electron chi connectivity index (χ1n) is 8.15. The van der Waals surface area contributed by atoms with Crippen molar-refractivity contribution >= 4 is 11.6 Å². The van der Waals surface area contributed by atoms with Gasteiger partial charge in [-0.25, -0.2) is 0 Å². The number of ether oxygens (including phenoxy) is 2. The summed E-state index contributed by atoms with van der Waals surface area (Å²) in [7, 11) is 0. The van der Waals surface area contributed by atoms with E-state index in [-0.39, 0.29) is 17.9 Å². The fraction of sp³-hybridized carbons (Fsp3) is 0.350. The van der Waals surface area contributed by atoms with Crippen molar-refractivity contribution in [2.75, 3.05) is 18.5 Å². The Morgan fingerprint density at radius 1 is 0.958 bits per heavy atom. The number of hydrogen-bond donors (Lipinski definition) is 1. The van der Waals surface area contributed by atoms with Crippen LogP contribution in [0.4, 0.5) is 5.69 Å². The first-order valence-corrected chi connectivity index (χ1v) is 8.15. The fourth-order valence-corrected chi connectivity index (χ4v) is 2.24. The second-order valence-corrected chi connectivity index (χ2v) is 6.54. The van der Waals surface area contributed by atoms with Gasteiger partial charge < -0.3 is 14.8 Å². The van der Waals surface area contributed by atoms with Gasteiger partial charge in [-0.3, -0.25) is 4.79 Å². The third-order valence-electron chi connectivity index (χ3n) is 3.54. The second kappa shape index (κ2) is 7.86. The molecular weight excluding hydrogens is 302 g/mol. The molecule has 4 heteroatoms. The van der Waals surface area contributed by atoms with Gasteiger partial charge in [-0.2, -0.15) is 0 Å². The smallest absolute Gasteiger partial charge is 0.262 e. The van der Waals surface area contributed by atoms with E-state index in [0.717, 1.165) is 5.69 Å². The van der Waals surface area contributed by atoms with Crippen molar-refractivity contribution in [3.05, 3.63) is 54.1 Å². The quantitative estimate of drug-likeness (QED) is 0.855. The lowest BCUT2D eigenvalue weighted by Crippen LogP contribution is -2.20. The number of nitrogens with one attached hydrogen (secondary N) is 1. The number of carbonyl (C=O) groups is 1. The number of rotatable bonds is 6. The Balaban J connectivity index is 1.92. The van der Waals surface area contributed by atoms with Crippen LogP contribution < -0.4 is 14.8 Å². The molecule has 0 fully saturated rings.